The Balaban J connectivity index is 1.55. The molecule has 0 aliphatic carbocycles. The van der Waals surface area contributed by atoms with Crippen LogP contribution in [0.2, 0.25) is 0 Å². The van der Waals surface area contributed by atoms with Gasteiger partial charge in [0.1, 0.15) is 18.6 Å². The Morgan fingerprint density at radius 3 is 2.50 bits per heavy atom. The zero-order valence-corrected chi connectivity index (χ0v) is 18.3. The van der Waals surface area contributed by atoms with E-state index in [-0.39, 0.29) is 31.1 Å². The van der Waals surface area contributed by atoms with E-state index in [1.54, 1.807) is 0 Å². The number of carbonyl (C=O) groups excluding carboxylic acids is 2. The van der Waals surface area contributed by atoms with Crippen LogP contribution in [0.25, 0.3) is 0 Å². The van der Waals surface area contributed by atoms with Crippen molar-refractivity contribution in [1.29, 1.82) is 0 Å². The second kappa shape index (κ2) is 11.3. The van der Waals surface area contributed by atoms with E-state index in [9.17, 15) is 9.59 Å². The monoisotopic (exact) mass is 413 g/mol. The molecule has 2 unspecified atom stereocenters. The minimum atomic E-state index is -0.587. The molecule has 2 heterocycles. The van der Waals surface area contributed by atoms with Crippen LogP contribution in [0.4, 0.5) is 0 Å². The molecule has 30 heavy (non-hydrogen) atoms. The van der Waals surface area contributed by atoms with Crippen molar-refractivity contribution in [1.82, 2.24) is 4.90 Å². The van der Waals surface area contributed by atoms with Crippen LogP contribution in [-0.4, -0.2) is 48.7 Å². The predicted molar refractivity (Wildman–Crippen MR) is 117 cm³/mol. The van der Waals surface area contributed by atoms with Crippen LogP contribution in [0.3, 0.4) is 0 Å². The van der Waals surface area contributed by atoms with Gasteiger partial charge in [-0.1, -0.05) is 62.2 Å². The third-order valence-corrected chi connectivity index (χ3v) is 6.41. The molecular weight excluding hydrogens is 378 g/mol. The molecular formula is C25H35NO4. The molecule has 0 aromatic heterocycles. The van der Waals surface area contributed by atoms with Crippen molar-refractivity contribution in [3.63, 3.8) is 0 Å². The first-order chi connectivity index (χ1) is 14.6. The second-order valence-electron chi connectivity index (χ2n) is 8.54. The van der Waals surface area contributed by atoms with Crippen molar-refractivity contribution in [2.75, 3.05) is 13.7 Å². The number of allylic oxidation sites excluding steroid dienone is 1. The van der Waals surface area contributed by atoms with Crippen LogP contribution < -0.4 is 0 Å². The summed E-state index contributed by atoms with van der Waals surface area (Å²) in [5, 5.41) is 0. The highest BCUT2D eigenvalue weighted by Crippen LogP contribution is 2.36. The lowest BCUT2D eigenvalue weighted by Crippen LogP contribution is -2.44. The average molecular weight is 414 g/mol. The Kier molecular flexibility index (Phi) is 8.50. The highest BCUT2D eigenvalue weighted by atomic mass is 16.6. The third kappa shape index (κ3) is 6.18. The Morgan fingerprint density at radius 2 is 1.83 bits per heavy atom. The number of ether oxygens (including phenoxy) is 2. The van der Waals surface area contributed by atoms with E-state index in [2.05, 4.69) is 18.9 Å². The number of fused-ring (bicyclic) bond motifs is 2. The molecule has 5 heteroatoms. The smallest absolute Gasteiger partial charge is 0.317 e. The summed E-state index contributed by atoms with van der Waals surface area (Å²) in [6.07, 6.45) is 11.4. The number of carbonyl (C=O) groups is 2. The van der Waals surface area contributed by atoms with Crippen molar-refractivity contribution in [3.05, 3.63) is 48.0 Å². The number of benzene rings is 1. The fourth-order valence-corrected chi connectivity index (χ4v) is 4.54. The normalized spacial score (nSPS) is 24.7. The fourth-order valence-electron chi connectivity index (χ4n) is 4.54. The summed E-state index contributed by atoms with van der Waals surface area (Å²) < 4.78 is 11.4. The average Bonchev–Trinajstić information content (AvgIpc) is 2.95. The van der Waals surface area contributed by atoms with Gasteiger partial charge in [0.05, 0.1) is 6.42 Å². The zero-order valence-electron chi connectivity index (χ0n) is 18.3. The van der Waals surface area contributed by atoms with Crippen LogP contribution in [0, 0.1) is 0 Å². The van der Waals surface area contributed by atoms with Gasteiger partial charge >= 0.3 is 11.9 Å². The zero-order chi connectivity index (χ0) is 21.3. The summed E-state index contributed by atoms with van der Waals surface area (Å²) in [5.74, 6) is -1.19. The Hall–Kier alpha value is -2.14. The minimum absolute atomic E-state index is 0.0178. The third-order valence-electron chi connectivity index (χ3n) is 6.41. The van der Waals surface area contributed by atoms with E-state index < -0.39 is 5.92 Å². The quantitative estimate of drug-likeness (QED) is 0.318. The summed E-state index contributed by atoms with van der Waals surface area (Å²) in [6.45, 7) is 2.16. The molecule has 0 saturated carbocycles. The molecule has 0 N–H and O–H groups in total. The molecule has 0 spiro atoms. The van der Waals surface area contributed by atoms with Gasteiger partial charge in [-0.25, -0.2) is 0 Å². The maximum absolute atomic E-state index is 13.0. The van der Waals surface area contributed by atoms with Crippen molar-refractivity contribution >= 4 is 11.9 Å². The highest BCUT2D eigenvalue weighted by molar-refractivity contribution is 5.79. The van der Waals surface area contributed by atoms with E-state index in [1.165, 1.54) is 12.8 Å². The standard InChI is InChI=1S/C25H35NO4/c1-3-4-5-6-10-13-24(27)29-18-23(19-11-8-7-9-12-19)25(28)30-22-16-20-14-15-21(17-22)26(20)2/h6-12,20-23H,3-5,13-18H2,1-2H3/b10-6+/t20-,21+,22?,23?. The van der Waals surface area contributed by atoms with Gasteiger partial charge in [-0.2, -0.15) is 0 Å². The van der Waals surface area contributed by atoms with Crippen molar-refractivity contribution in [3.8, 4) is 0 Å². The molecule has 2 aliphatic rings. The SMILES string of the molecule is CCCC/C=C/CC(=O)OCC(C(=O)OC1C[C@H]2CC[C@@H](C1)N2C)c1ccccc1. The van der Waals surface area contributed by atoms with Gasteiger partial charge in [0.2, 0.25) is 0 Å². The number of unbranched alkanes of at least 4 members (excludes halogenated alkanes) is 2. The van der Waals surface area contributed by atoms with Crippen LogP contribution >= 0.6 is 0 Å². The van der Waals surface area contributed by atoms with Gasteiger partial charge in [0, 0.05) is 12.1 Å². The summed E-state index contributed by atoms with van der Waals surface area (Å²) in [6, 6.07) is 10.5. The van der Waals surface area contributed by atoms with Crippen molar-refractivity contribution < 1.29 is 19.1 Å². The Bertz CT molecular complexity index is 703. The lowest BCUT2D eigenvalue weighted by Gasteiger charge is -2.36. The first-order valence-corrected chi connectivity index (χ1v) is 11.4. The van der Waals surface area contributed by atoms with E-state index >= 15 is 0 Å². The van der Waals surface area contributed by atoms with Gasteiger partial charge < -0.3 is 14.4 Å². The largest absolute Gasteiger partial charge is 0.464 e. The molecule has 2 saturated heterocycles. The number of nitrogens with zero attached hydrogens (tertiary/aromatic N) is 1. The van der Waals surface area contributed by atoms with E-state index in [4.69, 9.17) is 9.47 Å². The van der Waals surface area contributed by atoms with Crippen molar-refractivity contribution in [2.24, 2.45) is 0 Å². The van der Waals surface area contributed by atoms with Crippen LogP contribution in [0.15, 0.2) is 42.5 Å². The molecule has 2 bridgehead atoms. The van der Waals surface area contributed by atoms with Crippen LogP contribution in [0.5, 0.6) is 0 Å². The van der Waals surface area contributed by atoms with E-state index in [1.807, 2.05) is 42.5 Å². The number of piperidine rings is 1. The number of hydrogen-bond donors (Lipinski definition) is 0. The summed E-state index contributed by atoms with van der Waals surface area (Å²) in [5.41, 5.74) is 0.824. The molecule has 0 amide bonds. The van der Waals surface area contributed by atoms with E-state index in [0.717, 1.165) is 37.7 Å². The molecule has 0 radical (unpaired) electrons. The van der Waals surface area contributed by atoms with E-state index in [0.29, 0.717) is 12.1 Å². The highest BCUT2D eigenvalue weighted by Gasteiger charge is 2.40. The Labute approximate surface area is 180 Å². The molecule has 3 rings (SSSR count). The second-order valence-corrected chi connectivity index (χ2v) is 8.54. The number of esters is 2. The maximum Gasteiger partial charge on any atom is 0.317 e. The lowest BCUT2D eigenvalue weighted by atomic mass is 9.98. The van der Waals surface area contributed by atoms with Gasteiger partial charge in [-0.15, -0.1) is 0 Å². The topological polar surface area (TPSA) is 55.8 Å². The molecule has 4 atom stereocenters. The minimum Gasteiger partial charge on any atom is -0.464 e. The molecule has 2 aliphatic heterocycles. The predicted octanol–water partition coefficient (Wildman–Crippen LogP) is 4.62. The first-order valence-electron chi connectivity index (χ1n) is 11.4. The number of hydrogen-bond acceptors (Lipinski definition) is 5. The molecule has 1 aromatic rings. The molecule has 2 fully saturated rings. The Morgan fingerprint density at radius 1 is 1.13 bits per heavy atom. The fraction of sp³-hybridized carbons (Fsp3) is 0.600. The van der Waals surface area contributed by atoms with Crippen LogP contribution in [-0.2, 0) is 19.1 Å². The van der Waals surface area contributed by atoms with Gasteiger partial charge in [-0.05, 0) is 44.7 Å². The first kappa shape index (κ1) is 22.5. The van der Waals surface area contributed by atoms with Crippen molar-refractivity contribution in [2.45, 2.75) is 82.4 Å². The maximum atomic E-state index is 13.0. The van der Waals surface area contributed by atoms with Gasteiger partial charge in [-0.3, -0.25) is 9.59 Å². The van der Waals surface area contributed by atoms with Crippen LogP contribution in [0.1, 0.15) is 69.8 Å². The summed E-state index contributed by atoms with van der Waals surface area (Å²) in [7, 11) is 2.17. The summed E-state index contributed by atoms with van der Waals surface area (Å²) in [4.78, 5) is 27.6. The molecule has 5 nitrogen and oxygen atoms in total. The molecule has 164 valence electrons. The van der Waals surface area contributed by atoms with Gasteiger partial charge in [0.15, 0.2) is 0 Å². The summed E-state index contributed by atoms with van der Waals surface area (Å²) >= 11 is 0. The molecule has 1 aromatic carbocycles. The number of rotatable bonds is 10. The van der Waals surface area contributed by atoms with Gasteiger partial charge in [0.25, 0.3) is 0 Å². The lowest BCUT2D eigenvalue weighted by molar-refractivity contribution is -0.157.